The molecule has 4 rings (SSSR count). The molecule has 0 aliphatic carbocycles. The van der Waals surface area contributed by atoms with Gasteiger partial charge in [-0.25, -0.2) is 0 Å². The van der Waals surface area contributed by atoms with E-state index in [2.05, 4.69) is 19.9 Å². The number of nitrogens with zero attached hydrogens (tertiary/aromatic N) is 2. The Labute approximate surface area is 144 Å². The maximum Gasteiger partial charge on any atom is 0.227 e. The van der Waals surface area contributed by atoms with Gasteiger partial charge < -0.3 is 9.97 Å². The fraction of sp³-hybridized carbons (Fsp3) is 0.0500. The molecule has 0 bridgehead atoms. The Morgan fingerprint density at radius 3 is 2.60 bits per heavy atom. The van der Waals surface area contributed by atoms with Gasteiger partial charge in [-0.3, -0.25) is 14.8 Å². The van der Waals surface area contributed by atoms with Crippen molar-refractivity contribution in [3.63, 3.8) is 0 Å². The van der Waals surface area contributed by atoms with Gasteiger partial charge in [0, 0.05) is 36.2 Å². The standard InChI is InChI=1S/C20H16N4O/c25-20(17-6-1-2-11-23-17)18-9-8-16(24-18)19(15-7-4-12-22-15)14-5-3-10-21-13-14/h1-13,19,22,24H. The molecule has 4 aromatic heterocycles. The van der Waals surface area contributed by atoms with Gasteiger partial charge in [0.25, 0.3) is 0 Å². The first kappa shape index (κ1) is 15.1. The summed E-state index contributed by atoms with van der Waals surface area (Å²) in [6.07, 6.45) is 7.10. The topological polar surface area (TPSA) is 74.4 Å². The van der Waals surface area contributed by atoms with E-state index >= 15 is 0 Å². The third-order valence-corrected chi connectivity index (χ3v) is 4.11. The zero-order valence-electron chi connectivity index (χ0n) is 13.4. The molecular formula is C20H16N4O. The minimum Gasteiger partial charge on any atom is -0.364 e. The minimum absolute atomic E-state index is 0.0472. The van der Waals surface area contributed by atoms with E-state index in [1.165, 1.54) is 0 Å². The van der Waals surface area contributed by atoms with Gasteiger partial charge in [-0.2, -0.15) is 0 Å². The summed E-state index contributed by atoms with van der Waals surface area (Å²) in [4.78, 5) is 27.5. The number of hydrogen-bond acceptors (Lipinski definition) is 3. The monoisotopic (exact) mass is 328 g/mol. The molecule has 25 heavy (non-hydrogen) atoms. The van der Waals surface area contributed by atoms with Gasteiger partial charge in [0.05, 0.1) is 11.6 Å². The van der Waals surface area contributed by atoms with E-state index in [4.69, 9.17) is 0 Å². The van der Waals surface area contributed by atoms with Crippen LogP contribution in [0.2, 0.25) is 0 Å². The van der Waals surface area contributed by atoms with Crippen LogP contribution in [0.3, 0.4) is 0 Å². The van der Waals surface area contributed by atoms with Gasteiger partial charge in [0.1, 0.15) is 5.69 Å². The second kappa shape index (κ2) is 6.57. The molecule has 2 N–H and O–H groups in total. The first-order chi connectivity index (χ1) is 12.3. The van der Waals surface area contributed by atoms with Crippen LogP contribution in [-0.2, 0) is 0 Å². The number of nitrogens with one attached hydrogen (secondary N) is 2. The van der Waals surface area contributed by atoms with Crippen LogP contribution in [0.5, 0.6) is 0 Å². The second-order valence-electron chi connectivity index (χ2n) is 5.72. The third-order valence-electron chi connectivity index (χ3n) is 4.11. The number of pyridine rings is 2. The van der Waals surface area contributed by atoms with Crippen molar-refractivity contribution >= 4 is 5.78 Å². The summed E-state index contributed by atoms with van der Waals surface area (Å²) in [5.74, 6) is -0.169. The number of aromatic amines is 2. The molecule has 0 saturated heterocycles. The largest absolute Gasteiger partial charge is 0.364 e. The average Bonchev–Trinajstić information content (AvgIpc) is 3.36. The maximum atomic E-state index is 12.6. The van der Waals surface area contributed by atoms with E-state index in [0.717, 1.165) is 17.0 Å². The zero-order chi connectivity index (χ0) is 17.1. The molecule has 5 nitrogen and oxygen atoms in total. The van der Waals surface area contributed by atoms with Crippen molar-refractivity contribution < 1.29 is 4.79 Å². The predicted molar refractivity (Wildman–Crippen MR) is 94.4 cm³/mol. The molecule has 1 unspecified atom stereocenters. The smallest absolute Gasteiger partial charge is 0.227 e. The molecule has 4 aromatic rings. The highest BCUT2D eigenvalue weighted by Gasteiger charge is 2.21. The minimum atomic E-state index is -0.122. The molecule has 4 heterocycles. The summed E-state index contributed by atoms with van der Waals surface area (Å²) < 4.78 is 0. The number of hydrogen-bond donors (Lipinski definition) is 2. The Morgan fingerprint density at radius 2 is 1.88 bits per heavy atom. The quantitative estimate of drug-likeness (QED) is 0.550. The van der Waals surface area contributed by atoms with Crippen LogP contribution in [0.15, 0.2) is 79.4 Å². The van der Waals surface area contributed by atoms with Crippen molar-refractivity contribution in [2.75, 3.05) is 0 Å². The molecule has 0 aliphatic rings. The summed E-state index contributed by atoms with van der Waals surface area (Å²) in [6.45, 7) is 0. The molecule has 0 aliphatic heterocycles. The number of H-pyrrole nitrogens is 2. The molecule has 0 saturated carbocycles. The lowest BCUT2D eigenvalue weighted by molar-refractivity contribution is 0.103. The SMILES string of the molecule is O=C(c1ccccn1)c1ccc(C(c2cccnc2)c2ccc[nH]2)[nH]1. The van der Waals surface area contributed by atoms with E-state index in [9.17, 15) is 4.79 Å². The van der Waals surface area contributed by atoms with E-state index < -0.39 is 0 Å². The van der Waals surface area contributed by atoms with Crippen LogP contribution < -0.4 is 0 Å². The van der Waals surface area contributed by atoms with Crippen LogP contribution in [-0.4, -0.2) is 25.7 Å². The Kier molecular flexibility index (Phi) is 3.96. The second-order valence-corrected chi connectivity index (χ2v) is 5.72. The zero-order valence-corrected chi connectivity index (χ0v) is 13.4. The summed E-state index contributed by atoms with van der Waals surface area (Å²) >= 11 is 0. The molecule has 0 fully saturated rings. The molecule has 122 valence electrons. The van der Waals surface area contributed by atoms with Crippen LogP contribution in [0, 0.1) is 0 Å². The van der Waals surface area contributed by atoms with Crippen molar-refractivity contribution in [1.29, 1.82) is 0 Å². The molecule has 0 aromatic carbocycles. The first-order valence-electron chi connectivity index (χ1n) is 8.01. The van der Waals surface area contributed by atoms with Gasteiger partial charge in [-0.15, -0.1) is 0 Å². The van der Waals surface area contributed by atoms with Crippen molar-refractivity contribution in [2.45, 2.75) is 5.92 Å². The molecular weight excluding hydrogens is 312 g/mol. The lowest BCUT2D eigenvalue weighted by Crippen LogP contribution is -2.07. The predicted octanol–water partition coefficient (Wildman–Crippen LogP) is 3.54. The molecule has 0 spiro atoms. The van der Waals surface area contributed by atoms with Gasteiger partial charge in [-0.05, 0) is 48.0 Å². The fourth-order valence-electron chi connectivity index (χ4n) is 2.95. The van der Waals surface area contributed by atoms with E-state index in [-0.39, 0.29) is 11.7 Å². The van der Waals surface area contributed by atoms with Gasteiger partial charge in [-0.1, -0.05) is 12.1 Å². The van der Waals surface area contributed by atoms with Gasteiger partial charge in [0.15, 0.2) is 0 Å². The maximum absolute atomic E-state index is 12.6. The van der Waals surface area contributed by atoms with Crippen molar-refractivity contribution in [3.8, 4) is 0 Å². The molecule has 0 radical (unpaired) electrons. The normalized spacial score (nSPS) is 12.0. The van der Waals surface area contributed by atoms with Gasteiger partial charge >= 0.3 is 0 Å². The fourth-order valence-corrected chi connectivity index (χ4v) is 2.95. The number of ketones is 1. The van der Waals surface area contributed by atoms with E-state index in [1.807, 2.05) is 48.8 Å². The van der Waals surface area contributed by atoms with Crippen LogP contribution in [0.1, 0.15) is 39.1 Å². The number of aromatic nitrogens is 4. The van der Waals surface area contributed by atoms with Crippen molar-refractivity contribution in [2.24, 2.45) is 0 Å². The Hall–Kier alpha value is -3.47. The molecule has 5 heteroatoms. The molecule has 1 atom stereocenters. The Morgan fingerprint density at radius 1 is 0.920 bits per heavy atom. The summed E-state index contributed by atoms with van der Waals surface area (Å²) in [5.41, 5.74) is 3.95. The first-order valence-corrected chi connectivity index (χ1v) is 8.01. The van der Waals surface area contributed by atoms with Crippen LogP contribution in [0.4, 0.5) is 0 Å². The highest BCUT2D eigenvalue weighted by molar-refractivity contribution is 6.06. The summed E-state index contributed by atoms with van der Waals surface area (Å²) in [6, 6.07) is 17.0. The lowest BCUT2D eigenvalue weighted by atomic mass is 9.94. The van der Waals surface area contributed by atoms with E-state index in [0.29, 0.717) is 11.4 Å². The highest BCUT2D eigenvalue weighted by atomic mass is 16.1. The highest BCUT2D eigenvalue weighted by Crippen LogP contribution is 2.30. The lowest BCUT2D eigenvalue weighted by Gasteiger charge is -2.14. The molecule has 0 amide bonds. The number of carbonyl (C=O) groups excluding carboxylic acids is 1. The summed E-state index contributed by atoms with van der Waals surface area (Å²) in [5, 5.41) is 0. The van der Waals surface area contributed by atoms with E-state index in [1.54, 1.807) is 30.6 Å². The van der Waals surface area contributed by atoms with Crippen LogP contribution >= 0.6 is 0 Å². The number of carbonyl (C=O) groups is 1. The summed E-state index contributed by atoms with van der Waals surface area (Å²) in [7, 11) is 0. The van der Waals surface area contributed by atoms with Crippen LogP contribution in [0.25, 0.3) is 0 Å². The van der Waals surface area contributed by atoms with Crippen molar-refractivity contribution in [3.05, 3.63) is 108 Å². The van der Waals surface area contributed by atoms with Gasteiger partial charge in [0.2, 0.25) is 5.78 Å². The average molecular weight is 328 g/mol. The Balaban J connectivity index is 1.72. The van der Waals surface area contributed by atoms with Crippen molar-refractivity contribution in [1.82, 2.24) is 19.9 Å². The third kappa shape index (κ3) is 2.99. The number of rotatable bonds is 5. The Bertz CT molecular complexity index is 959.